The molecule has 0 aromatic heterocycles. The van der Waals surface area contributed by atoms with E-state index in [2.05, 4.69) is 10.3 Å². The molecular formula is C7H12N2O3. The molecule has 1 rings (SSSR count). The van der Waals surface area contributed by atoms with Crippen LogP contribution >= 0.6 is 0 Å². The highest BCUT2D eigenvalue weighted by Crippen LogP contribution is 2.16. The summed E-state index contributed by atoms with van der Waals surface area (Å²) in [5.41, 5.74) is -0.551. The quantitative estimate of drug-likeness (QED) is 0.510. The monoisotopic (exact) mass is 172 g/mol. The van der Waals surface area contributed by atoms with E-state index in [-0.39, 0.29) is 6.61 Å². The Morgan fingerprint density at radius 3 is 3.08 bits per heavy atom. The predicted molar refractivity (Wildman–Crippen MR) is 43.2 cm³/mol. The fourth-order valence-electron chi connectivity index (χ4n) is 1.08. The van der Waals surface area contributed by atoms with Gasteiger partial charge in [-0.25, -0.2) is 4.79 Å². The van der Waals surface area contributed by atoms with Crippen LogP contribution in [0.2, 0.25) is 0 Å². The lowest BCUT2D eigenvalue weighted by molar-refractivity contribution is -0.139. The lowest BCUT2D eigenvalue weighted by atomic mass is 9.93. The second-order valence-electron chi connectivity index (χ2n) is 3.20. The van der Waals surface area contributed by atoms with Gasteiger partial charge in [0.15, 0.2) is 6.04 Å². The zero-order valence-corrected chi connectivity index (χ0v) is 6.82. The van der Waals surface area contributed by atoms with Gasteiger partial charge in [0.05, 0.1) is 18.5 Å². The van der Waals surface area contributed by atoms with Crippen molar-refractivity contribution >= 4 is 12.3 Å². The van der Waals surface area contributed by atoms with Crippen LogP contribution in [-0.4, -0.2) is 40.7 Å². The number of aliphatic hydroxyl groups is 1. The largest absolute Gasteiger partial charge is 0.480 e. The van der Waals surface area contributed by atoms with E-state index < -0.39 is 17.6 Å². The topological polar surface area (TPSA) is 81.9 Å². The number of hydrogen-bond donors (Lipinski definition) is 3. The fraction of sp³-hybridized carbons (Fsp3) is 0.714. The van der Waals surface area contributed by atoms with E-state index in [1.165, 1.54) is 6.34 Å². The smallest absolute Gasteiger partial charge is 0.328 e. The van der Waals surface area contributed by atoms with Crippen LogP contribution in [0.3, 0.4) is 0 Å². The highest BCUT2D eigenvalue weighted by molar-refractivity contribution is 5.77. The minimum absolute atomic E-state index is 0.0944. The first-order valence-electron chi connectivity index (χ1n) is 3.70. The molecule has 0 unspecified atom stereocenters. The Labute approximate surface area is 70.1 Å². The summed E-state index contributed by atoms with van der Waals surface area (Å²) in [6.45, 7) is 1.66. The van der Waals surface area contributed by atoms with Crippen molar-refractivity contribution < 1.29 is 15.0 Å². The minimum atomic E-state index is -0.951. The second kappa shape index (κ2) is 3.10. The molecule has 0 radical (unpaired) electrons. The lowest BCUT2D eigenvalue weighted by Gasteiger charge is -2.32. The maximum absolute atomic E-state index is 10.5. The lowest BCUT2D eigenvalue weighted by Crippen LogP contribution is -2.51. The summed E-state index contributed by atoms with van der Waals surface area (Å²) in [6, 6.07) is -0.733. The third kappa shape index (κ3) is 1.73. The summed E-state index contributed by atoms with van der Waals surface area (Å²) in [5, 5.41) is 20.4. The zero-order valence-electron chi connectivity index (χ0n) is 6.82. The maximum atomic E-state index is 10.5. The zero-order chi connectivity index (χ0) is 9.19. The number of aliphatic carboxylic acids is 1. The molecule has 0 aromatic rings. The Kier molecular flexibility index (Phi) is 2.32. The van der Waals surface area contributed by atoms with Crippen LogP contribution in [0.4, 0.5) is 0 Å². The van der Waals surface area contributed by atoms with Crippen molar-refractivity contribution in [3.63, 3.8) is 0 Å². The van der Waals surface area contributed by atoms with Crippen molar-refractivity contribution in [1.29, 1.82) is 0 Å². The molecule has 0 spiro atoms. The van der Waals surface area contributed by atoms with Gasteiger partial charge in [-0.05, 0) is 6.92 Å². The first kappa shape index (κ1) is 8.99. The summed E-state index contributed by atoms with van der Waals surface area (Å²) < 4.78 is 0. The van der Waals surface area contributed by atoms with Crippen molar-refractivity contribution in [2.24, 2.45) is 4.99 Å². The van der Waals surface area contributed by atoms with Crippen molar-refractivity contribution in [3.05, 3.63) is 0 Å². The van der Waals surface area contributed by atoms with E-state index in [1.807, 2.05) is 0 Å². The number of aliphatic imine (C=N–C) groups is 1. The predicted octanol–water partition coefficient (Wildman–Crippen LogP) is -0.788. The molecule has 5 nitrogen and oxygen atoms in total. The molecule has 0 bridgehead atoms. The molecular weight excluding hydrogens is 160 g/mol. The summed E-state index contributed by atoms with van der Waals surface area (Å²) in [6.07, 6.45) is 1.66. The normalized spacial score (nSPS) is 34.3. The van der Waals surface area contributed by atoms with Crippen molar-refractivity contribution in [2.75, 3.05) is 6.61 Å². The van der Waals surface area contributed by atoms with E-state index in [1.54, 1.807) is 6.92 Å². The number of carboxylic acid groups (broad SMARTS) is 1. The molecule has 1 aliphatic rings. The number of nitrogens with one attached hydrogen (secondary N) is 1. The summed E-state index contributed by atoms with van der Waals surface area (Å²) >= 11 is 0. The molecule has 2 atom stereocenters. The van der Waals surface area contributed by atoms with E-state index in [0.717, 1.165) is 0 Å². The highest BCUT2D eigenvalue weighted by atomic mass is 16.4. The molecule has 0 fully saturated rings. The first-order chi connectivity index (χ1) is 5.57. The van der Waals surface area contributed by atoms with Gasteiger partial charge in [-0.15, -0.1) is 0 Å². The van der Waals surface area contributed by atoms with Crippen LogP contribution in [0.15, 0.2) is 4.99 Å². The number of hydrogen-bond acceptors (Lipinski definition) is 4. The van der Waals surface area contributed by atoms with Gasteiger partial charge in [-0.1, -0.05) is 0 Å². The Balaban J connectivity index is 2.68. The molecule has 0 saturated carbocycles. The Bertz CT molecular complexity index is 217. The average molecular weight is 172 g/mol. The Morgan fingerprint density at radius 2 is 2.58 bits per heavy atom. The van der Waals surface area contributed by atoms with Crippen LogP contribution in [-0.2, 0) is 4.79 Å². The molecule has 0 amide bonds. The second-order valence-corrected chi connectivity index (χ2v) is 3.20. The number of aliphatic hydroxyl groups excluding tert-OH is 1. The molecule has 12 heavy (non-hydrogen) atoms. The highest BCUT2D eigenvalue weighted by Gasteiger charge is 2.32. The number of carboxylic acids is 1. The van der Waals surface area contributed by atoms with Crippen molar-refractivity contribution in [1.82, 2.24) is 5.32 Å². The molecule has 3 N–H and O–H groups in total. The van der Waals surface area contributed by atoms with Gasteiger partial charge in [0.1, 0.15) is 0 Å². The van der Waals surface area contributed by atoms with E-state index in [0.29, 0.717) is 6.42 Å². The van der Waals surface area contributed by atoms with Crippen LogP contribution in [0.1, 0.15) is 13.3 Å². The van der Waals surface area contributed by atoms with Crippen LogP contribution < -0.4 is 5.32 Å². The van der Waals surface area contributed by atoms with Gasteiger partial charge in [-0.3, -0.25) is 4.99 Å². The minimum Gasteiger partial charge on any atom is -0.480 e. The molecule has 5 heteroatoms. The van der Waals surface area contributed by atoms with Crippen LogP contribution in [0, 0.1) is 0 Å². The number of nitrogens with zero attached hydrogens (tertiary/aromatic N) is 1. The molecule has 68 valence electrons. The van der Waals surface area contributed by atoms with Gasteiger partial charge in [0.2, 0.25) is 0 Å². The Morgan fingerprint density at radius 1 is 1.92 bits per heavy atom. The van der Waals surface area contributed by atoms with Gasteiger partial charge in [0, 0.05) is 6.42 Å². The van der Waals surface area contributed by atoms with Crippen LogP contribution in [0.5, 0.6) is 0 Å². The number of rotatable bonds is 2. The van der Waals surface area contributed by atoms with Crippen molar-refractivity contribution in [2.45, 2.75) is 24.9 Å². The molecule has 0 aromatic carbocycles. The summed E-state index contributed by atoms with van der Waals surface area (Å²) in [5.74, 6) is -0.951. The third-order valence-corrected chi connectivity index (χ3v) is 1.95. The summed E-state index contributed by atoms with van der Waals surface area (Å²) in [4.78, 5) is 14.3. The summed E-state index contributed by atoms with van der Waals surface area (Å²) in [7, 11) is 0. The Hall–Kier alpha value is -1.10. The molecule has 0 aliphatic carbocycles. The third-order valence-electron chi connectivity index (χ3n) is 1.95. The SMILES string of the molecule is C[C@@]1(CO)C[C@@H](C(=O)O)N=CN1. The molecule has 0 saturated heterocycles. The average Bonchev–Trinajstić information content (AvgIpc) is 2.05. The maximum Gasteiger partial charge on any atom is 0.328 e. The number of carbonyl (C=O) groups is 1. The van der Waals surface area contributed by atoms with Gasteiger partial charge >= 0.3 is 5.97 Å². The van der Waals surface area contributed by atoms with E-state index in [4.69, 9.17) is 10.2 Å². The van der Waals surface area contributed by atoms with Crippen LogP contribution in [0.25, 0.3) is 0 Å². The van der Waals surface area contributed by atoms with E-state index >= 15 is 0 Å². The van der Waals surface area contributed by atoms with E-state index in [9.17, 15) is 4.79 Å². The van der Waals surface area contributed by atoms with Gasteiger partial charge in [0.25, 0.3) is 0 Å². The first-order valence-corrected chi connectivity index (χ1v) is 3.70. The molecule has 1 aliphatic heterocycles. The van der Waals surface area contributed by atoms with Gasteiger partial charge in [-0.2, -0.15) is 0 Å². The van der Waals surface area contributed by atoms with Crippen molar-refractivity contribution in [3.8, 4) is 0 Å². The van der Waals surface area contributed by atoms with Gasteiger partial charge < -0.3 is 15.5 Å². The molecule has 1 heterocycles. The standard InChI is InChI=1S/C7H12N2O3/c1-7(3-10)2-5(6(11)12)8-4-9-7/h4-5,10H,2-3H2,1H3,(H,8,9)(H,11,12)/t5-,7-/m0/s1. The fourth-order valence-corrected chi connectivity index (χ4v) is 1.08.